The van der Waals surface area contributed by atoms with Crippen LogP contribution in [0.25, 0.3) is 20.8 Å². The van der Waals surface area contributed by atoms with Gasteiger partial charge >= 0.3 is 6.09 Å². The summed E-state index contributed by atoms with van der Waals surface area (Å²) in [6.07, 6.45) is 4.28. The molecule has 0 radical (unpaired) electrons. The molecule has 194 valence electrons. The predicted molar refractivity (Wildman–Crippen MR) is 147 cm³/mol. The topological polar surface area (TPSA) is 68.7 Å². The van der Waals surface area contributed by atoms with Gasteiger partial charge in [0.15, 0.2) is 0 Å². The van der Waals surface area contributed by atoms with Gasteiger partial charge in [-0.05, 0) is 64.7 Å². The molecule has 0 aliphatic carbocycles. The molecule has 6 nitrogen and oxygen atoms in total. The molecule has 3 heterocycles. The molecule has 0 spiro atoms. The van der Waals surface area contributed by atoms with Gasteiger partial charge in [0.05, 0.1) is 16.3 Å². The summed E-state index contributed by atoms with van der Waals surface area (Å²) in [6.45, 7) is 9.05. The number of hydrogen-bond acceptors (Lipinski definition) is 7. The summed E-state index contributed by atoms with van der Waals surface area (Å²) >= 11 is 3.34. The molecule has 4 rings (SSSR count). The number of aromatic nitrogens is 1. The van der Waals surface area contributed by atoms with E-state index in [1.165, 1.54) is 5.56 Å². The number of methoxy groups -OCH3 is 1. The van der Waals surface area contributed by atoms with Crippen LogP contribution in [-0.4, -0.2) is 47.6 Å². The number of para-hydroxylation sites is 1. The zero-order valence-electron chi connectivity index (χ0n) is 21.9. The van der Waals surface area contributed by atoms with Crippen LogP contribution in [0, 0.1) is 0 Å². The van der Waals surface area contributed by atoms with Crippen molar-refractivity contribution in [2.45, 2.75) is 77.9 Å². The summed E-state index contributed by atoms with van der Waals surface area (Å²) in [7, 11) is 1.71. The summed E-state index contributed by atoms with van der Waals surface area (Å²) in [5.41, 5.74) is 2.78. The molecule has 0 saturated heterocycles. The van der Waals surface area contributed by atoms with E-state index in [0.29, 0.717) is 19.4 Å². The van der Waals surface area contributed by atoms with Crippen LogP contribution < -0.4 is 0 Å². The molecule has 1 aromatic carbocycles. The Hall–Kier alpha value is -2.29. The van der Waals surface area contributed by atoms with E-state index in [2.05, 4.69) is 13.0 Å². The van der Waals surface area contributed by atoms with E-state index in [1.54, 1.807) is 29.8 Å². The van der Waals surface area contributed by atoms with Crippen molar-refractivity contribution in [3.63, 3.8) is 0 Å². The highest BCUT2D eigenvalue weighted by atomic mass is 32.1. The Labute approximate surface area is 221 Å². The highest BCUT2D eigenvalue weighted by Crippen LogP contribution is 2.46. The number of thiazole rings is 1. The first kappa shape index (κ1) is 26.8. The minimum absolute atomic E-state index is 0.111. The summed E-state index contributed by atoms with van der Waals surface area (Å²) in [5.74, 6) is 0.255. The molecule has 1 unspecified atom stereocenters. The first-order valence-corrected chi connectivity index (χ1v) is 14.3. The Kier molecular flexibility index (Phi) is 8.48. The smallest absolute Gasteiger partial charge is 0.410 e. The maximum Gasteiger partial charge on any atom is 0.410 e. The lowest BCUT2D eigenvalue weighted by atomic mass is 9.96. The minimum Gasteiger partial charge on any atom is -0.444 e. The number of amides is 1. The van der Waals surface area contributed by atoms with Gasteiger partial charge in [-0.15, -0.1) is 22.7 Å². The van der Waals surface area contributed by atoms with Crippen LogP contribution in [0.1, 0.15) is 74.7 Å². The fraction of sp³-hybridized carbons (Fsp3) is 0.536. The molecule has 0 saturated carbocycles. The van der Waals surface area contributed by atoms with Crippen LogP contribution in [-0.2, 0) is 27.1 Å². The zero-order chi connectivity index (χ0) is 25.9. The van der Waals surface area contributed by atoms with E-state index in [-0.39, 0.29) is 17.9 Å². The van der Waals surface area contributed by atoms with Crippen LogP contribution in [0.15, 0.2) is 24.3 Å². The van der Waals surface area contributed by atoms with Gasteiger partial charge in [-0.25, -0.2) is 9.78 Å². The van der Waals surface area contributed by atoms with Crippen molar-refractivity contribution in [3.8, 4) is 10.6 Å². The number of thiophene rings is 1. The highest BCUT2D eigenvalue weighted by Gasteiger charge is 2.35. The third-order valence-corrected chi connectivity index (χ3v) is 8.81. The molecule has 1 atom stereocenters. The molecule has 1 aliphatic rings. The lowest BCUT2D eigenvalue weighted by Crippen LogP contribution is -2.41. The maximum atomic E-state index is 13.0. The number of unbranched alkanes of at least 4 members (excludes halogenated alkanes) is 2. The molecule has 8 heteroatoms. The van der Waals surface area contributed by atoms with Crippen LogP contribution in [0.4, 0.5) is 4.79 Å². The van der Waals surface area contributed by atoms with E-state index < -0.39 is 5.60 Å². The lowest BCUT2D eigenvalue weighted by molar-refractivity contribution is -0.118. The van der Waals surface area contributed by atoms with Gasteiger partial charge in [0.2, 0.25) is 0 Å². The van der Waals surface area contributed by atoms with Crippen molar-refractivity contribution in [2.24, 2.45) is 0 Å². The van der Waals surface area contributed by atoms with E-state index in [1.807, 2.05) is 43.9 Å². The third kappa shape index (κ3) is 6.15. The Balaban J connectivity index is 1.64. The highest BCUT2D eigenvalue weighted by molar-refractivity contribution is 7.22. The number of carbonyl (C=O) groups excluding carboxylic acids is 2. The van der Waals surface area contributed by atoms with Crippen molar-refractivity contribution >= 4 is 44.8 Å². The molecule has 0 fully saturated rings. The first-order chi connectivity index (χ1) is 17.2. The van der Waals surface area contributed by atoms with E-state index in [0.717, 1.165) is 62.8 Å². The number of fused-ring (bicyclic) bond motifs is 2. The minimum atomic E-state index is -0.542. The maximum absolute atomic E-state index is 13.0. The number of hydrogen-bond donors (Lipinski definition) is 0. The van der Waals surface area contributed by atoms with Gasteiger partial charge in [0.25, 0.3) is 0 Å². The molecule has 36 heavy (non-hydrogen) atoms. The fourth-order valence-electron chi connectivity index (χ4n) is 4.62. The second-order valence-electron chi connectivity index (χ2n) is 10.3. The second kappa shape index (κ2) is 11.4. The number of ketones is 1. The number of ether oxygens (including phenoxy) is 2. The SMILES string of the molecule is COCCCCCC(=O)Cc1sc2c(c1-c1nc3ccccc3s1)CCN(C(=O)OC(C)(C)C)C2C. The van der Waals surface area contributed by atoms with Gasteiger partial charge < -0.3 is 14.4 Å². The zero-order valence-corrected chi connectivity index (χ0v) is 23.5. The average molecular weight is 529 g/mol. The van der Waals surface area contributed by atoms with Gasteiger partial charge in [0.1, 0.15) is 16.4 Å². The lowest BCUT2D eigenvalue weighted by Gasteiger charge is -2.35. The largest absolute Gasteiger partial charge is 0.444 e. The Morgan fingerprint density at radius 3 is 2.64 bits per heavy atom. The average Bonchev–Trinajstić information content (AvgIpc) is 3.39. The molecule has 0 bridgehead atoms. The quantitative estimate of drug-likeness (QED) is 0.275. The summed E-state index contributed by atoms with van der Waals surface area (Å²) < 4.78 is 11.9. The van der Waals surface area contributed by atoms with E-state index >= 15 is 0 Å². The number of rotatable bonds is 9. The Morgan fingerprint density at radius 2 is 1.92 bits per heavy atom. The summed E-state index contributed by atoms with van der Waals surface area (Å²) in [5, 5.41) is 0.967. The number of nitrogens with zero attached hydrogens (tertiary/aromatic N) is 2. The number of Topliss-reactive ketones (excluding diaryl/α,β-unsaturated/α-hetero) is 1. The van der Waals surface area contributed by atoms with E-state index in [9.17, 15) is 9.59 Å². The third-order valence-electron chi connectivity index (χ3n) is 6.36. The van der Waals surface area contributed by atoms with Crippen molar-refractivity contribution in [2.75, 3.05) is 20.3 Å². The number of carbonyl (C=O) groups is 2. The van der Waals surface area contributed by atoms with E-state index in [4.69, 9.17) is 14.5 Å². The Bertz CT molecular complexity index is 1190. The summed E-state index contributed by atoms with van der Waals surface area (Å²) in [6, 6.07) is 8.05. The van der Waals surface area contributed by atoms with Crippen molar-refractivity contribution in [1.82, 2.24) is 9.88 Å². The van der Waals surface area contributed by atoms with Gasteiger partial charge in [-0.1, -0.05) is 18.6 Å². The molecule has 1 amide bonds. The van der Waals surface area contributed by atoms with Gasteiger partial charge in [-0.3, -0.25) is 4.79 Å². The van der Waals surface area contributed by atoms with Crippen LogP contribution in [0.5, 0.6) is 0 Å². The summed E-state index contributed by atoms with van der Waals surface area (Å²) in [4.78, 5) is 34.9. The van der Waals surface area contributed by atoms with Crippen molar-refractivity contribution in [1.29, 1.82) is 0 Å². The number of benzene rings is 1. The molecule has 1 aliphatic heterocycles. The standard InChI is InChI=1S/C28H36N2O4S2/c1-18-25-20(14-15-30(18)27(32)34-28(2,3)4)24(26-29-21-12-8-9-13-22(21)36-26)23(35-25)17-19(31)11-7-6-10-16-33-5/h8-9,12-13,18H,6-7,10-11,14-17H2,1-5H3. The van der Waals surface area contributed by atoms with Crippen LogP contribution in [0.2, 0.25) is 0 Å². The molecule has 0 N–H and O–H groups in total. The van der Waals surface area contributed by atoms with Gasteiger partial charge in [0, 0.05) is 48.4 Å². The second-order valence-corrected chi connectivity index (χ2v) is 12.5. The molecule has 2 aromatic heterocycles. The van der Waals surface area contributed by atoms with Gasteiger partial charge in [-0.2, -0.15) is 0 Å². The Morgan fingerprint density at radius 1 is 1.14 bits per heavy atom. The molecular weight excluding hydrogens is 492 g/mol. The molecule has 3 aromatic rings. The monoisotopic (exact) mass is 528 g/mol. The molecular formula is C28H36N2O4S2. The first-order valence-electron chi connectivity index (χ1n) is 12.7. The van der Waals surface area contributed by atoms with Crippen LogP contribution in [0.3, 0.4) is 0 Å². The van der Waals surface area contributed by atoms with Crippen LogP contribution >= 0.6 is 22.7 Å². The van der Waals surface area contributed by atoms with Crippen molar-refractivity contribution < 1.29 is 19.1 Å². The fourth-order valence-corrected chi connectivity index (χ4v) is 7.20. The predicted octanol–water partition coefficient (Wildman–Crippen LogP) is 7.20. The normalized spacial score (nSPS) is 15.8. The van der Waals surface area contributed by atoms with Crippen molar-refractivity contribution in [3.05, 3.63) is 39.6 Å².